The van der Waals surface area contributed by atoms with Crippen LogP contribution in [0.15, 0.2) is 95.1 Å². The summed E-state index contributed by atoms with van der Waals surface area (Å²) in [5.74, 6) is 0.0644. The van der Waals surface area contributed by atoms with E-state index in [0.29, 0.717) is 16.5 Å². The van der Waals surface area contributed by atoms with Crippen LogP contribution in [0.4, 0.5) is 0 Å². The van der Waals surface area contributed by atoms with Gasteiger partial charge in [-0.2, -0.15) is 0 Å². The molecule has 2 aromatic heterocycles. The molecule has 9 heteroatoms. The van der Waals surface area contributed by atoms with Crippen LogP contribution in [0.3, 0.4) is 0 Å². The predicted octanol–water partition coefficient (Wildman–Crippen LogP) is 5.01. The molecule has 35 heavy (non-hydrogen) atoms. The second kappa shape index (κ2) is 9.52. The Morgan fingerprint density at radius 2 is 1.66 bits per heavy atom. The summed E-state index contributed by atoms with van der Waals surface area (Å²) < 4.78 is 27.9. The second-order valence-electron chi connectivity index (χ2n) is 8.10. The highest BCUT2D eigenvalue weighted by Gasteiger charge is 2.23. The molecule has 0 aliphatic heterocycles. The molecule has 0 radical (unpaired) electrons. The largest absolute Gasteiger partial charge is 0.360 e. The van der Waals surface area contributed by atoms with Crippen molar-refractivity contribution in [2.45, 2.75) is 22.7 Å². The van der Waals surface area contributed by atoms with Crippen LogP contribution in [0.5, 0.6) is 0 Å². The van der Waals surface area contributed by atoms with E-state index in [2.05, 4.69) is 15.2 Å². The van der Waals surface area contributed by atoms with Gasteiger partial charge in [0.1, 0.15) is 5.75 Å². The van der Waals surface area contributed by atoms with Gasteiger partial charge >= 0.3 is 0 Å². The summed E-state index contributed by atoms with van der Waals surface area (Å²) in [6.45, 7) is 1.91. The van der Waals surface area contributed by atoms with Crippen molar-refractivity contribution in [2.75, 3.05) is 5.75 Å². The third-order valence-corrected chi connectivity index (χ3v) is 8.19. The molecule has 5 aromatic rings. The molecule has 0 aliphatic carbocycles. The van der Waals surface area contributed by atoms with Crippen molar-refractivity contribution in [1.82, 2.24) is 19.7 Å². The second-order valence-corrected chi connectivity index (χ2v) is 11.0. The van der Waals surface area contributed by atoms with E-state index in [9.17, 15) is 13.2 Å². The number of ketones is 1. The molecule has 0 bridgehead atoms. The fraction of sp³-hybridized carbons (Fsp3) is 0.115. The lowest BCUT2D eigenvalue weighted by molar-refractivity contribution is 0.102. The number of sulfone groups is 1. The molecule has 0 atom stereocenters. The molecule has 0 saturated heterocycles. The molecule has 2 heterocycles. The molecular weight excluding hydrogens is 480 g/mol. The number of Topliss-reactive ketones (excluding diaryl/α,β-unsaturated/α-hetero) is 1. The topological polar surface area (TPSA) is 97.7 Å². The van der Waals surface area contributed by atoms with E-state index in [1.54, 1.807) is 35.0 Å². The van der Waals surface area contributed by atoms with Gasteiger partial charge in [-0.05, 0) is 37.3 Å². The smallest absolute Gasteiger partial charge is 0.196 e. The average molecular weight is 503 g/mol. The molecule has 0 unspecified atom stereocenters. The molecule has 176 valence electrons. The van der Waals surface area contributed by atoms with Gasteiger partial charge in [0, 0.05) is 28.4 Å². The lowest BCUT2D eigenvalue weighted by atomic mass is 10.1. The highest BCUT2D eigenvalue weighted by atomic mass is 32.2. The fourth-order valence-electron chi connectivity index (χ4n) is 3.83. The zero-order valence-electron chi connectivity index (χ0n) is 18.9. The maximum Gasteiger partial charge on any atom is 0.196 e. The number of aryl methyl sites for hydroxylation is 1. The van der Waals surface area contributed by atoms with Gasteiger partial charge < -0.3 is 4.98 Å². The number of benzene rings is 3. The maximum absolute atomic E-state index is 13.1. The Balaban J connectivity index is 1.44. The first kappa shape index (κ1) is 23.1. The number of carbonyl (C=O) groups is 1. The maximum atomic E-state index is 13.1. The van der Waals surface area contributed by atoms with Crippen molar-refractivity contribution in [3.63, 3.8) is 0 Å². The van der Waals surface area contributed by atoms with Crippen LogP contribution in [0.1, 0.15) is 21.7 Å². The van der Waals surface area contributed by atoms with Gasteiger partial charge in [0.2, 0.25) is 0 Å². The van der Waals surface area contributed by atoms with Crippen LogP contribution in [0.25, 0.3) is 16.6 Å². The summed E-state index contributed by atoms with van der Waals surface area (Å²) in [5, 5.41) is 9.78. The van der Waals surface area contributed by atoms with Gasteiger partial charge in [-0.3, -0.25) is 9.36 Å². The summed E-state index contributed by atoms with van der Waals surface area (Å²) in [6.07, 6.45) is 1.72. The Morgan fingerprint density at radius 3 is 2.43 bits per heavy atom. The van der Waals surface area contributed by atoms with E-state index in [4.69, 9.17) is 0 Å². The van der Waals surface area contributed by atoms with E-state index < -0.39 is 9.84 Å². The molecule has 0 amide bonds. The summed E-state index contributed by atoms with van der Waals surface area (Å²) in [7, 11) is -3.64. The van der Waals surface area contributed by atoms with Crippen molar-refractivity contribution in [2.24, 2.45) is 0 Å². The molecule has 5 rings (SSSR count). The number of H-pyrrole nitrogens is 1. The van der Waals surface area contributed by atoms with Crippen LogP contribution < -0.4 is 0 Å². The van der Waals surface area contributed by atoms with Gasteiger partial charge in [-0.15, -0.1) is 10.2 Å². The lowest BCUT2D eigenvalue weighted by Crippen LogP contribution is -2.11. The summed E-state index contributed by atoms with van der Waals surface area (Å²) in [4.78, 5) is 16.3. The molecule has 0 saturated carbocycles. The van der Waals surface area contributed by atoms with E-state index >= 15 is 0 Å². The minimum Gasteiger partial charge on any atom is -0.360 e. The number of nitrogens with zero attached hydrogens (tertiary/aromatic N) is 3. The first-order valence-electron chi connectivity index (χ1n) is 10.9. The molecular formula is C26H22N4O3S2. The van der Waals surface area contributed by atoms with Gasteiger partial charge in [0.05, 0.1) is 10.6 Å². The highest BCUT2D eigenvalue weighted by Crippen LogP contribution is 2.27. The number of aromatic nitrogens is 4. The molecule has 0 aliphatic rings. The minimum absolute atomic E-state index is 0.0520. The Kier molecular flexibility index (Phi) is 6.27. The molecule has 1 N–H and O–H groups in total. The third-order valence-electron chi connectivity index (χ3n) is 5.64. The molecule has 7 nitrogen and oxygen atoms in total. The van der Waals surface area contributed by atoms with Crippen LogP contribution in [-0.2, 0) is 15.6 Å². The van der Waals surface area contributed by atoms with E-state index in [0.717, 1.165) is 22.2 Å². The summed E-state index contributed by atoms with van der Waals surface area (Å²) in [5.41, 5.74) is 3.22. The van der Waals surface area contributed by atoms with Crippen molar-refractivity contribution >= 4 is 38.3 Å². The highest BCUT2D eigenvalue weighted by molar-refractivity contribution is 7.99. The standard InChI is InChI=1S/C26H22N4O3S2/c1-18-11-13-20(14-12-18)35(32,33)17-25-28-29-26(30(25)19-7-3-2-4-8-19)34-16-24(31)22-15-27-23-10-6-5-9-21(22)23/h2-15,27H,16-17H2,1H3. The Morgan fingerprint density at radius 1 is 0.943 bits per heavy atom. The van der Waals surface area contributed by atoms with Gasteiger partial charge in [0.25, 0.3) is 0 Å². The lowest BCUT2D eigenvalue weighted by Gasteiger charge is -2.11. The number of carbonyl (C=O) groups excluding carboxylic acids is 1. The molecule has 0 fully saturated rings. The Labute approximate surface area is 207 Å². The van der Waals surface area contributed by atoms with Crippen molar-refractivity contribution in [1.29, 1.82) is 0 Å². The SMILES string of the molecule is Cc1ccc(S(=O)(=O)Cc2nnc(SCC(=O)c3c[nH]c4ccccc34)n2-c2ccccc2)cc1. The average Bonchev–Trinajstić information content (AvgIpc) is 3.47. The number of fused-ring (bicyclic) bond motifs is 1. The number of nitrogens with one attached hydrogen (secondary N) is 1. The number of hydrogen-bond acceptors (Lipinski definition) is 6. The predicted molar refractivity (Wildman–Crippen MR) is 137 cm³/mol. The monoisotopic (exact) mass is 502 g/mol. The zero-order chi connectivity index (χ0) is 24.4. The quantitative estimate of drug-likeness (QED) is 0.237. The van der Waals surface area contributed by atoms with Crippen LogP contribution in [0, 0.1) is 6.92 Å². The minimum atomic E-state index is -3.64. The van der Waals surface area contributed by atoms with Gasteiger partial charge in [-0.25, -0.2) is 8.42 Å². The van der Waals surface area contributed by atoms with Gasteiger partial charge in [-0.1, -0.05) is 65.9 Å². The molecule has 3 aromatic carbocycles. The fourth-order valence-corrected chi connectivity index (χ4v) is 5.93. The zero-order valence-corrected chi connectivity index (χ0v) is 20.5. The van der Waals surface area contributed by atoms with E-state index in [-0.39, 0.29) is 22.2 Å². The third kappa shape index (κ3) is 4.78. The van der Waals surface area contributed by atoms with Crippen LogP contribution >= 0.6 is 11.8 Å². The number of thioether (sulfide) groups is 1. The number of aromatic amines is 1. The van der Waals surface area contributed by atoms with Gasteiger partial charge in [0.15, 0.2) is 26.6 Å². The number of para-hydroxylation sites is 2. The first-order chi connectivity index (χ1) is 16.9. The number of rotatable bonds is 8. The van der Waals surface area contributed by atoms with Crippen molar-refractivity contribution in [3.8, 4) is 5.69 Å². The first-order valence-corrected chi connectivity index (χ1v) is 13.6. The van der Waals surface area contributed by atoms with E-state index in [1.807, 2.05) is 61.5 Å². The van der Waals surface area contributed by atoms with Crippen molar-refractivity contribution in [3.05, 3.63) is 102 Å². The summed E-state index contributed by atoms with van der Waals surface area (Å²) in [6, 6.07) is 23.7. The van der Waals surface area contributed by atoms with Crippen molar-refractivity contribution < 1.29 is 13.2 Å². The Hall–Kier alpha value is -3.69. The van der Waals surface area contributed by atoms with Crippen LogP contribution in [0.2, 0.25) is 0 Å². The van der Waals surface area contributed by atoms with Crippen LogP contribution in [-0.4, -0.2) is 39.7 Å². The summed E-state index contributed by atoms with van der Waals surface area (Å²) >= 11 is 1.23. The Bertz CT molecular complexity index is 1610. The normalized spacial score (nSPS) is 11.7. The number of hydrogen-bond donors (Lipinski definition) is 1. The molecule has 0 spiro atoms. The van der Waals surface area contributed by atoms with E-state index in [1.165, 1.54) is 11.8 Å².